The van der Waals surface area contributed by atoms with Crippen LogP contribution in [0.25, 0.3) is 0 Å². The van der Waals surface area contributed by atoms with E-state index in [1.807, 2.05) is 14.1 Å². The van der Waals surface area contributed by atoms with Gasteiger partial charge in [0.2, 0.25) is 0 Å². The van der Waals surface area contributed by atoms with Crippen LogP contribution in [0.3, 0.4) is 0 Å². The third-order valence-electron chi connectivity index (χ3n) is 3.90. The average molecular weight is 357 g/mol. The van der Waals surface area contributed by atoms with Crippen LogP contribution in [-0.2, 0) is 0 Å². The summed E-state index contributed by atoms with van der Waals surface area (Å²) in [4.78, 5) is 17.1. The number of Topliss-reactive ketones (excluding diaryl/α,β-unsaturated/α-hetero) is 1. The number of hydrogen-bond donors (Lipinski definition) is 0. The van der Waals surface area contributed by atoms with E-state index in [1.165, 1.54) is 0 Å². The van der Waals surface area contributed by atoms with Gasteiger partial charge in [0.05, 0.1) is 25.8 Å². The molecule has 2 rings (SSSR count). The molecule has 1 aliphatic rings. The van der Waals surface area contributed by atoms with Crippen molar-refractivity contribution in [3.05, 3.63) is 22.2 Å². The zero-order valence-corrected chi connectivity index (χ0v) is 14.4. The number of rotatable bonds is 4. The number of piperazine rings is 1. The van der Waals surface area contributed by atoms with E-state index in [2.05, 4.69) is 25.7 Å². The molecule has 0 spiro atoms. The minimum absolute atomic E-state index is 0.0734. The zero-order valence-electron chi connectivity index (χ0n) is 12.9. The van der Waals surface area contributed by atoms with E-state index in [0.717, 1.165) is 19.6 Å². The highest BCUT2D eigenvalue weighted by atomic mass is 79.9. The highest BCUT2D eigenvalue weighted by Gasteiger charge is 2.31. The highest BCUT2D eigenvalue weighted by Crippen LogP contribution is 2.38. The first-order chi connectivity index (χ1) is 9.99. The van der Waals surface area contributed by atoms with Gasteiger partial charge >= 0.3 is 0 Å². The summed E-state index contributed by atoms with van der Waals surface area (Å²) in [5.74, 6) is 1.25. The van der Waals surface area contributed by atoms with Gasteiger partial charge in [-0.15, -0.1) is 0 Å². The lowest BCUT2D eigenvalue weighted by Crippen LogP contribution is -2.53. The van der Waals surface area contributed by atoms with Gasteiger partial charge in [-0.25, -0.2) is 0 Å². The molecule has 0 saturated carbocycles. The van der Waals surface area contributed by atoms with E-state index in [9.17, 15) is 4.79 Å². The molecule has 1 atom stereocenters. The van der Waals surface area contributed by atoms with Gasteiger partial charge in [-0.1, -0.05) is 0 Å². The number of benzene rings is 1. The van der Waals surface area contributed by atoms with Crippen LogP contribution in [0.1, 0.15) is 10.4 Å². The first-order valence-corrected chi connectivity index (χ1v) is 7.62. The molecule has 0 bridgehead atoms. The van der Waals surface area contributed by atoms with Crippen LogP contribution in [0.2, 0.25) is 0 Å². The summed E-state index contributed by atoms with van der Waals surface area (Å²) in [6.07, 6.45) is 0. The quantitative estimate of drug-likeness (QED) is 0.770. The van der Waals surface area contributed by atoms with Gasteiger partial charge in [0.15, 0.2) is 5.78 Å². The second-order valence-corrected chi connectivity index (χ2v) is 6.08. The maximum absolute atomic E-state index is 12.9. The summed E-state index contributed by atoms with van der Waals surface area (Å²) in [6.45, 7) is 2.58. The fourth-order valence-electron chi connectivity index (χ4n) is 2.56. The number of methoxy groups -OCH3 is 2. The molecule has 1 aromatic carbocycles. The molecule has 1 unspecified atom stereocenters. The summed E-state index contributed by atoms with van der Waals surface area (Å²) < 4.78 is 11.3. The van der Waals surface area contributed by atoms with Crippen LogP contribution >= 0.6 is 15.9 Å². The van der Waals surface area contributed by atoms with Crippen molar-refractivity contribution in [3.8, 4) is 11.5 Å². The molecular weight excluding hydrogens is 336 g/mol. The van der Waals surface area contributed by atoms with Crippen molar-refractivity contribution >= 4 is 21.7 Å². The molecular formula is C15H21BrN2O3. The fourth-order valence-corrected chi connectivity index (χ4v) is 3.23. The molecule has 6 heteroatoms. The maximum atomic E-state index is 12.9. The highest BCUT2D eigenvalue weighted by molar-refractivity contribution is 9.10. The summed E-state index contributed by atoms with van der Waals surface area (Å²) in [7, 11) is 7.17. The van der Waals surface area contributed by atoms with Crippen LogP contribution < -0.4 is 9.47 Å². The molecule has 5 nitrogen and oxygen atoms in total. The van der Waals surface area contributed by atoms with Gasteiger partial charge in [0, 0.05) is 19.6 Å². The Morgan fingerprint density at radius 1 is 1.24 bits per heavy atom. The molecule has 1 heterocycles. The standard InChI is InChI=1S/C15H21BrN2O3/c1-17-7-8-18(2)11(9-17)14(19)10-5-6-12(20-3)13(16)15(10)21-4/h5-6,11H,7-9H2,1-4H3. The zero-order chi connectivity index (χ0) is 15.6. The van der Waals surface area contributed by atoms with Crippen molar-refractivity contribution in [2.75, 3.05) is 47.9 Å². The molecule has 0 aromatic heterocycles. The van der Waals surface area contributed by atoms with Gasteiger partial charge < -0.3 is 14.4 Å². The molecule has 1 aromatic rings. The Hall–Kier alpha value is -1.11. The van der Waals surface area contributed by atoms with Crippen LogP contribution in [0.15, 0.2) is 16.6 Å². The number of halogens is 1. The van der Waals surface area contributed by atoms with E-state index in [0.29, 0.717) is 21.5 Å². The minimum atomic E-state index is -0.155. The van der Waals surface area contributed by atoms with E-state index >= 15 is 0 Å². The Balaban J connectivity index is 2.36. The topological polar surface area (TPSA) is 42.0 Å². The second kappa shape index (κ2) is 6.77. The first-order valence-electron chi connectivity index (χ1n) is 6.83. The van der Waals surface area contributed by atoms with Gasteiger partial charge in [0.1, 0.15) is 16.0 Å². The number of nitrogens with zero attached hydrogens (tertiary/aromatic N) is 2. The van der Waals surface area contributed by atoms with Crippen LogP contribution in [0, 0.1) is 0 Å². The number of ether oxygens (including phenoxy) is 2. The Bertz CT molecular complexity index is 536. The second-order valence-electron chi connectivity index (χ2n) is 5.29. The van der Waals surface area contributed by atoms with Gasteiger partial charge in [-0.2, -0.15) is 0 Å². The number of carbonyl (C=O) groups excluding carboxylic acids is 1. The summed E-state index contributed by atoms with van der Waals surface area (Å²) in [5.41, 5.74) is 0.581. The Morgan fingerprint density at radius 2 is 1.95 bits per heavy atom. The van der Waals surface area contributed by atoms with Gasteiger partial charge in [0.25, 0.3) is 0 Å². The number of hydrogen-bond acceptors (Lipinski definition) is 5. The smallest absolute Gasteiger partial charge is 0.185 e. The lowest BCUT2D eigenvalue weighted by molar-refractivity contribution is 0.0683. The van der Waals surface area contributed by atoms with Crippen molar-refractivity contribution in [1.82, 2.24) is 9.80 Å². The van der Waals surface area contributed by atoms with Crippen molar-refractivity contribution in [1.29, 1.82) is 0 Å². The summed E-state index contributed by atoms with van der Waals surface area (Å²) in [5, 5.41) is 0. The Labute approximate surface area is 133 Å². The molecule has 1 aliphatic heterocycles. The lowest BCUT2D eigenvalue weighted by atomic mass is 10.00. The van der Waals surface area contributed by atoms with Crippen LogP contribution in [0.4, 0.5) is 0 Å². The molecule has 21 heavy (non-hydrogen) atoms. The fraction of sp³-hybridized carbons (Fsp3) is 0.533. The van der Waals surface area contributed by atoms with E-state index in [-0.39, 0.29) is 11.8 Å². The van der Waals surface area contributed by atoms with E-state index in [4.69, 9.17) is 9.47 Å². The molecule has 0 N–H and O–H groups in total. The SMILES string of the molecule is COc1ccc(C(=O)C2CN(C)CCN2C)c(OC)c1Br. The van der Waals surface area contributed by atoms with Gasteiger partial charge in [-0.3, -0.25) is 9.69 Å². The first kappa shape index (κ1) is 16.3. The van der Waals surface area contributed by atoms with Crippen LogP contribution in [0.5, 0.6) is 11.5 Å². The van der Waals surface area contributed by atoms with Crippen LogP contribution in [-0.4, -0.2) is 69.6 Å². The molecule has 1 fully saturated rings. The van der Waals surface area contributed by atoms with Crippen molar-refractivity contribution in [2.45, 2.75) is 6.04 Å². The molecule has 0 amide bonds. The molecule has 0 aliphatic carbocycles. The third-order valence-corrected chi connectivity index (χ3v) is 4.66. The number of ketones is 1. The van der Waals surface area contributed by atoms with Crippen molar-refractivity contribution in [3.63, 3.8) is 0 Å². The summed E-state index contributed by atoms with van der Waals surface area (Å²) >= 11 is 3.45. The molecule has 0 radical (unpaired) electrons. The number of carbonyl (C=O) groups is 1. The number of likely N-dealkylation sites (N-methyl/N-ethyl adjacent to an activating group) is 2. The molecule has 116 valence electrons. The van der Waals surface area contributed by atoms with Gasteiger partial charge in [-0.05, 0) is 42.2 Å². The monoisotopic (exact) mass is 356 g/mol. The third kappa shape index (κ3) is 3.22. The Kier molecular flexibility index (Phi) is 5.24. The Morgan fingerprint density at radius 3 is 2.57 bits per heavy atom. The molecule has 1 saturated heterocycles. The minimum Gasteiger partial charge on any atom is -0.495 e. The van der Waals surface area contributed by atoms with Crippen molar-refractivity contribution < 1.29 is 14.3 Å². The average Bonchev–Trinajstić information content (AvgIpc) is 2.48. The summed E-state index contributed by atoms with van der Waals surface area (Å²) in [6, 6.07) is 3.40. The van der Waals surface area contributed by atoms with E-state index in [1.54, 1.807) is 26.4 Å². The van der Waals surface area contributed by atoms with Crippen molar-refractivity contribution in [2.24, 2.45) is 0 Å². The predicted octanol–water partition coefficient (Wildman–Crippen LogP) is 1.89. The van der Waals surface area contributed by atoms with E-state index < -0.39 is 0 Å². The maximum Gasteiger partial charge on any atom is 0.185 e. The largest absolute Gasteiger partial charge is 0.495 e. The predicted molar refractivity (Wildman–Crippen MR) is 85.5 cm³/mol. The normalized spacial score (nSPS) is 20.3. The lowest BCUT2D eigenvalue weighted by Gasteiger charge is -2.36.